The molecule has 0 bridgehead atoms. The Labute approximate surface area is 150 Å². The van der Waals surface area contributed by atoms with Gasteiger partial charge in [0.05, 0.1) is 17.2 Å². The molecular weight excluding hydrogens is 341 g/mol. The van der Waals surface area contributed by atoms with Crippen LogP contribution in [0.5, 0.6) is 5.75 Å². The lowest BCUT2D eigenvalue weighted by molar-refractivity contribution is -0.137. The number of benzene rings is 2. The van der Waals surface area contributed by atoms with Crippen LogP contribution in [0.25, 0.3) is 0 Å². The fourth-order valence-corrected chi connectivity index (χ4v) is 3.50. The van der Waals surface area contributed by atoms with E-state index in [0.29, 0.717) is 24.7 Å². The molecule has 2 aromatic rings. The van der Waals surface area contributed by atoms with E-state index in [-0.39, 0.29) is 11.3 Å². The minimum absolute atomic E-state index is 0.223. The van der Waals surface area contributed by atoms with Crippen molar-refractivity contribution in [2.75, 3.05) is 18.0 Å². The molecule has 1 atom stereocenters. The Morgan fingerprint density at radius 1 is 1.04 bits per heavy atom. The average Bonchev–Trinajstić information content (AvgIpc) is 2.87. The summed E-state index contributed by atoms with van der Waals surface area (Å²) in [5, 5.41) is 18.3. The lowest BCUT2D eigenvalue weighted by Crippen LogP contribution is -2.24. The second-order valence-corrected chi connectivity index (χ2v) is 6.55. The van der Waals surface area contributed by atoms with Gasteiger partial charge in [-0.2, -0.15) is 18.4 Å². The fourth-order valence-electron chi connectivity index (χ4n) is 3.50. The lowest BCUT2D eigenvalue weighted by Gasteiger charge is -2.24. The van der Waals surface area contributed by atoms with E-state index >= 15 is 0 Å². The summed E-state index contributed by atoms with van der Waals surface area (Å²) in [6.07, 6.45) is -1.90. The Bertz CT molecular complexity index is 809. The number of hydrogen-bond acceptors (Lipinski definition) is 3. The van der Waals surface area contributed by atoms with Gasteiger partial charge in [-0.15, -0.1) is 0 Å². The summed E-state index contributed by atoms with van der Waals surface area (Å²) in [4.78, 5) is 1.96. The summed E-state index contributed by atoms with van der Waals surface area (Å²) in [7, 11) is 0. The van der Waals surface area contributed by atoms with Crippen molar-refractivity contribution in [3.05, 3.63) is 59.2 Å². The number of nitrogens with zero attached hydrogens (tertiary/aromatic N) is 2. The molecule has 1 fully saturated rings. The summed E-state index contributed by atoms with van der Waals surface area (Å²) < 4.78 is 39.6. The van der Waals surface area contributed by atoms with Crippen LogP contribution in [-0.2, 0) is 6.18 Å². The maximum Gasteiger partial charge on any atom is 0.417 e. The Morgan fingerprint density at radius 3 is 2.42 bits per heavy atom. The molecule has 3 nitrogen and oxygen atoms in total. The van der Waals surface area contributed by atoms with Crippen molar-refractivity contribution in [1.82, 2.24) is 0 Å². The summed E-state index contributed by atoms with van der Waals surface area (Å²) >= 11 is 0. The molecule has 2 aromatic carbocycles. The number of phenolic OH excluding ortho intramolecular Hbond substituents is 1. The van der Waals surface area contributed by atoms with E-state index < -0.39 is 11.7 Å². The number of nitriles is 1. The van der Waals surface area contributed by atoms with Gasteiger partial charge in [0.25, 0.3) is 0 Å². The molecule has 0 radical (unpaired) electrons. The van der Waals surface area contributed by atoms with E-state index in [0.717, 1.165) is 30.9 Å². The zero-order valence-corrected chi connectivity index (χ0v) is 14.1. The number of halogens is 3. The van der Waals surface area contributed by atoms with Crippen LogP contribution in [0.2, 0.25) is 0 Å². The zero-order valence-electron chi connectivity index (χ0n) is 14.1. The summed E-state index contributed by atoms with van der Waals surface area (Å²) in [5.41, 5.74) is 0.415. The highest BCUT2D eigenvalue weighted by molar-refractivity contribution is 5.55. The molecule has 0 spiro atoms. The second kappa shape index (κ2) is 7.28. The third-order valence-corrected chi connectivity index (χ3v) is 4.89. The van der Waals surface area contributed by atoms with E-state index in [9.17, 15) is 18.3 Å². The number of anilines is 1. The van der Waals surface area contributed by atoms with Crippen LogP contribution in [0.4, 0.5) is 18.9 Å². The smallest absolute Gasteiger partial charge is 0.417 e. The normalized spacial score (nSPS) is 18.2. The molecule has 26 heavy (non-hydrogen) atoms. The summed E-state index contributed by atoms with van der Waals surface area (Å²) in [5.74, 6) is 0.544. The molecule has 6 heteroatoms. The second-order valence-electron chi connectivity index (χ2n) is 6.55. The molecule has 0 aliphatic carbocycles. The van der Waals surface area contributed by atoms with E-state index in [1.54, 1.807) is 24.3 Å². The Morgan fingerprint density at radius 2 is 1.77 bits per heavy atom. The largest absolute Gasteiger partial charge is 0.508 e. The van der Waals surface area contributed by atoms with Crippen molar-refractivity contribution in [2.45, 2.75) is 31.4 Å². The predicted octanol–water partition coefficient (Wildman–Crippen LogP) is 5.06. The third-order valence-electron chi connectivity index (χ3n) is 4.89. The van der Waals surface area contributed by atoms with E-state index in [2.05, 4.69) is 0 Å². The predicted molar refractivity (Wildman–Crippen MR) is 93.1 cm³/mol. The number of alkyl halides is 3. The van der Waals surface area contributed by atoms with Crippen molar-refractivity contribution < 1.29 is 18.3 Å². The molecule has 0 aromatic heterocycles. The van der Waals surface area contributed by atoms with Crippen LogP contribution >= 0.6 is 0 Å². The quantitative estimate of drug-likeness (QED) is 0.815. The molecule has 1 heterocycles. The third kappa shape index (κ3) is 3.93. The van der Waals surface area contributed by atoms with E-state index in [4.69, 9.17) is 5.26 Å². The van der Waals surface area contributed by atoms with Crippen molar-refractivity contribution in [2.24, 2.45) is 0 Å². The van der Waals surface area contributed by atoms with Crippen molar-refractivity contribution in [3.63, 3.8) is 0 Å². The van der Waals surface area contributed by atoms with E-state index in [1.165, 1.54) is 6.07 Å². The first-order valence-electron chi connectivity index (χ1n) is 8.53. The molecule has 1 aliphatic rings. The van der Waals surface area contributed by atoms with Gasteiger partial charge < -0.3 is 10.0 Å². The van der Waals surface area contributed by atoms with E-state index in [1.807, 2.05) is 17.0 Å². The van der Waals surface area contributed by atoms with Crippen molar-refractivity contribution in [1.29, 1.82) is 5.26 Å². The first-order valence-corrected chi connectivity index (χ1v) is 8.53. The van der Waals surface area contributed by atoms with Crippen LogP contribution in [0, 0.1) is 11.3 Å². The van der Waals surface area contributed by atoms with Gasteiger partial charge in [0.15, 0.2) is 0 Å². The van der Waals surface area contributed by atoms with Crippen LogP contribution in [0.3, 0.4) is 0 Å². The topological polar surface area (TPSA) is 47.3 Å². The van der Waals surface area contributed by atoms with Gasteiger partial charge in [-0.25, -0.2) is 0 Å². The SMILES string of the molecule is N#Cc1ccc(N2CCCC(c3ccc(O)cc3)CC2)cc1C(F)(F)F. The Kier molecular flexibility index (Phi) is 5.08. The monoisotopic (exact) mass is 360 g/mol. The minimum atomic E-state index is -4.54. The van der Waals surface area contributed by atoms with Crippen LogP contribution < -0.4 is 4.90 Å². The molecule has 3 rings (SSSR count). The molecular formula is C20H19F3N2O. The van der Waals surface area contributed by atoms with Gasteiger partial charge in [0.1, 0.15) is 5.75 Å². The summed E-state index contributed by atoms with van der Waals surface area (Å²) in [6, 6.07) is 12.7. The summed E-state index contributed by atoms with van der Waals surface area (Å²) in [6.45, 7) is 1.33. The van der Waals surface area contributed by atoms with Gasteiger partial charge in [-0.1, -0.05) is 12.1 Å². The Balaban J connectivity index is 1.79. The average molecular weight is 360 g/mol. The lowest BCUT2D eigenvalue weighted by atomic mass is 9.92. The fraction of sp³-hybridized carbons (Fsp3) is 0.350. The van der Waals surface area contributed by atoms with Gasteiger partial charge in [-0.05, 0) is 61.1 Å². The standard InChI is InChI=1S/C20H19F3N2O/c21-20(22,23)19-12-17(6-3-16(19)13-24)25-10-1-2-14(9-11-25)15-4-7-18(26)8-5-15/h3-8,12,14,26H,1-2,9-11H2. The highest BCUT2D eigenvalue weighted by Crippen LogP contribution is 2.36. The number of aromatic hydroxyl groups is 1. The van der Waals surface area contributed by atoms with Crippen LogP contribution in [-0.4, -0.2) is 18.2 Å². The van der Waals surface area contributed by atoms with Crippen molar-refractivity contribution in [3.8, 4) is 11.8 Å². The number of phenols is 1. The van der Waals surface area contributed by atoms with Gasteiger partial charge >= 0.3 is 6.18 Å². The molecule has 1 aliphatic heterocycles. The molecule has 1 N–H and O–H groups in total. The van der Waals surface area contributed by atoms with Crippen LogP contribution in [0.15, 0.2) is 42.5 Å². The van der Waals surface area contributed by atoms with Gasteiger partial charge in [0, 0.05) is 18.8 Å². The maximum absolute atomic E-state index is 13.2. The number of hydrogen-bond donors (Lipinski definition) is 1. The highest BCUT2D eigenvalue weighted by Gasteiger charge is 2.34. The molecule has 0 saturated carbocycles. The highest BCUT2D eigenvalue weighted by atomic mass is 19.4. The van der Waals surface area contributed by atoms with Crippen LogP contribution in [0.1, 0.15) is 41.9 Å². The number of rotatable bonds is 2. The van der Waals surface area contributed by atoms with Gasteiger partial charge in [0.2, 0.25) is 0 Å². The maximum atomic E-state index is 13.2. The molecule has 0 amide bonds. The Hall–Kier alpha value is -2.68. The minimum Gasteiger partial charge on any atom is -0.508 e. The first kappa shape index (κ1) is 18.1. The molecule has 1 unspecified atom stereocenters. The zero-order chi connectivity index (χ0) is 18.7. The van der Waals surface area contributed by atoms with Gasteiger partial charge in [-0.3, -0.25) is 0 Å². The van der Waals surface area contributed by atoms with Crippen molar-refractivity contribution >= 4 is 5.69 Å². The molecule has 1 saturated heterocycles. The first-order chi connectivity index (χ1) is 12.4. The molecule has 136 valence electrons.